The summed E-state index contributed by atoms with van der Waals surface area (Å²) in [6.07, 6.45) is 37.2. The van der Waals surface area contributed by atoms with E-state index in [9.17, 15) is 0 Å². The van der Waals surface area contributed by atoms with E-state index in [0.717, 1.165) is 32.4 Å². The van der Waals surface area contributed by atoms with Crippen LogP contribution in [-0.4, -0.2) is 31.7 Å². The molecule has 3 aliphatic heterocycles. The molecule has 0 aromatic rings. The first-order chi connectivity index (χ1) is 12.5. The molecule has 0 aromatic heterocycles. The van der Waals surface area contributed by atoms with E-state index in [1.807, 2.05) is 36.6 Å². The third-order valence-electron chi connectivity index (χ3n) is 2.93. The normalized spacial score (nSPS) is 17.6. The number of allylic oxidation sites excluding steroid dienone is 11. The second kappa shape index (κ2) is 17.5. The van der Waals surface area contributed by atoms with E-state index >= 15 is 0 Å². The zero-order valence-corrected chi connectivity index (χ0v) is 14.7. The Labute approximate surface area is 151 Å². The van der Waals surface area contributed by atoms with Crippen molar-refractivity contribution in [3.8, 4) is 0 Å². The third kappa shape index (κ3) is 15.8. The summed E-state index contributed by atoms with van der Waals surface area (Å²) in [7, 11) is 0. The van der Waals surface area contributed by atoms with Crippen LogP contribution in [0.5, 0.6) is 0 Å². The second-order valence-corrected chi connectivity index (χ2v) is 5.02. The average Bonchev–Trinajstić information content (AvgIpc) is 3.55. The van der Waals surface area contributed by atoms with Gasteiger partial charge in [-0.15, -0.1) is 0 Å². The minimum absolute atomic E-state index is 0.889. The highest BCUT2D eigenvalue weighted by Crippen LogP contribution is 1.93. The van der Waals surface area contributed by atoms with Crippen LogP contribution in [0.3, 0.4) is 0 Å². The van der Waals surface area contributed by atoms with Crippen molar-refractivity contribution in [1.29, 1.82) is 0 Å². The van der Waals surface area contributed by atoms with Crippen molar-refractivity contribution in [1.82, 2.24) is 0 Å². The van der Waals surface area contributed by atoms with Gasteiger partial charge >= 0.3 is 0 Å². The topological polar surface area (TPSA) is 37.1 Å². The van der Waals surface area contributed by atoms with Gasteiger partial charge in [0.05, 0.1) is 13.1 Å². The lowest BCUT2D eigenvalue weighted by molar-refractivity contribution is 1.29. The first kappa shape index (κ1) is 20.2. The summed E-state index contributed by atoms with van der Waals surface area (Å²) in [5, 5.41) is 0. The molecule has 0 unspecified atom stereocenters. The zero-order valence-electron chi connectivity index (χ0n) is 14.7. The van der Waals surface area contributed by atoms with Gasteiger partial charge in [0.1, 0.15) is 0 Å². The van der Waals surface area contributed by atoms with Gasteiger partial charge in [0.25, 0.3) is 0 Å². The highest BCUT2D eigenvalue weighted by molar-refractivity contribution is 5.73. The van der Waals surface area contributed by atoms with Gasteiger partial charge in [-0.05, 0) is 25.0 Å². The van der Waals surface area contributed by atoms with Gasteiger partial charge in [-0.2, -0.15) is 0 Å². The van der Waals surface area contributed by atoms with Crippen LogP contribution < -0.4 is 0 Å². The lowest BCUT2D eigenvalue weighted by atomic mass is 10.5. The van der Waals surface area contributed by atoms with E-state index in [0.29, 0.717) is 0 Å². The first-order valence-electron chi connectivity index (χ1n) is 8.60. The quantitative estimate of drug-likeness (QED) is 0.582. The van der Waals surface area contributed by atoms with E-state index in [1.54, 1.807) is 18.6 Å². The van der Waals surface area contributed by atoms with E-state index in [4.69, 9.17) is 0 Å². The van der Waals surface area contributed by atoms with Crippen LogP contribution in [0.1, 0.15) is 19.3 Å². The van der Waals surface area contributed by atoms with Crippen molar-refractivity contribution in [2.75, 3.05) is 13.1 Å². The Bertz CT molecular complexity index is 431. The maximum Gasteiger partial charge on any atom is 0.0573 e. The number of nitrogens with zero attached hydrogens (tertiary/aromatic N) is 3. The molecular weight excluding hydrogens is 306 g/mol. The van der Waals surface area contributed by atoms with E-state index in [2.05, 4.69) is 63.6 Å². The van der Waals surface area contributed by atoms with Crippen molar-refractivity contribution in [3.05, 3.63) is 85.2 Å². The molecule has 3 nitrogen and oxygen atoms in total. The fraction of sp³-hybridized carbons (Fsp3) is 0.227. The molecule has 0 atom stereocenters. The van der Waals surface area contributed by atoms with Crippen LogP contribution in [0, 0.1) is 0 Å². The predicted octanol–water partition coefficient (Wildman–Crippen LogP) is 5.23. The number of aliphatic imine (C=N–C) groups is 3. The SMILES string of the molecule is C1=CCC=C1.C1=CCC=C1.C1=CCN=C1.C1=CCN=C1.C1=CN=CC1. The third-order valence-corrected chi connectivity index (χ3v) is 2.93. The molecule has 3 heterocycles. The molecule has 0 saturated carbocycles. The molecule has 25 heavy (non-hydrogen) atoms. The molecule has 0 bridgehead atoms. The molecule has 2 aliphatic carbocycles. The lowest BCUT2D eigenvalue weighted by Gasteiger charge is -1.60. The molecule has 0 radical (unpaired) electrons. The second-order valence-electron chi connectivity index (χ2n) is 5.02. The molecule has 3 heteroatoms. The summed E-state index contributed by atoms with van der Waals surface area (Å²) in [5.74, 6) is 0. The monoisotopic (exact) mass is 333 g/mol. The fourth-order valence-electron chi connectivity index (χ4n) is 1.70. The summed E-state index contributed by atoms with van der Waals surface area (Å²) in [6.45, 7) is 1.78. The molecule has 0 saturated heterocycles. The molecule has 5 rings (SSSR count). The van der Waals surface area contributed by atoms with Gasteiger partial charge in [-0.3, -0.25) is 15.0 Å². The molecule has 0 spiro atoms. The zero-order chi connectivity index (χ0) is 17.7. The summed E-state index contributed by atoms with van der Waals surface area (Å²) in [5.41, 5.74) is 0. The van der Waals surface area contributed by atoms with E-state index in [1.165, 1.54) is 0 Å². The molecule has 0 N–H and O–H groups in total. The van der Waals surface area contributed by atoms with Crippen LogP contribution in [0.4, 0.5) is 0 Å². The number of hydrogen-bond acceptors (Lipinski definition) is 3. The molecule has 130 valence electrons. The van der Waals surface area contributed by atoms with Crippen molar-refractivity contribution in [2.24, 2.45) is 15.0 Å². The molecule has 0 aromatic carbocycles. The van der Waals surface area contributed by atoms with Crippen molar-refractivity contribution in [2.45, 2.75) is 19.3 Å². The summed E-state index contributed by atoms with van der Waals surface area (Å²) in [4.78, 5) is 11.5. The largest absolute Gasteiger partial charge is 0.289 e. The van der Waals surface area contributed by atoms with Gasteiger partial charge in [0, 0.05) is 31.3 Å². The first-order valence-corrected chi connectivity index (χ1v) is 8.60. The maximum absolute atomic E-state index is 3.85. The summed E-state index contributed by atoms with van der Waals surface area (Å²) < 4.78 is 0. The van der Waals surface area contributed by atoms with Crippen LogP contribution in [0.2, 0.25) is 0 Å². The smallest absolute Gasteiger partial charge is 0.0573 e. The van der Waals surface area contributed by atoms with Crippen LogP contribution >= 0.6 is 0 Å². The Morgan fingerprint density at radius 3 is 1.12 bits per heavy atom. The average molecular weight is 333 g/mol. The van der Waals surface area contributed by atoms with Crippen LogP contribution in [0.15, 0.2) is 100 Å². The van der Waals surface area contributed by atoms with Crippen molar-refractivity contribution in [3.63, 3.8) is 0 Å². The number of rotatable bonds is 0. The van der Waals surface area contributed by atoms with Gasteiger partial charge in [0.15, 0.2) is 0 Å². The lowest BCUT2D eigenvalue weighted by Crippen LogP contribution is -1.54. The summed E-state index contributed by atoms with van der Waals surface area (Å²) >= 11 is 0. The Morgan fingerprint density at radius 1 is 0.480 bits per heavy atom. The maximum atomic E-state index is 3.85. The highest BCUT2D eigenvalue weighted by atomic mass is 14.7. The van der Waals surface area contributed by atoms with Gasteiger partial charge in [-0.25, -0.2) is 0 Å². The highest BCUT2D eigenvalue weighted by Gasteiger charge is 1.74. The standard InChI is InChI=1S/2C5H6.3C4H5N/c5*1-2-4-5-3-1/h2*1-4H,5H2;1,3-4H,2H2;2*1-3H,4H2. The summed E-state index contributed by atoms with van der Waals surface area (Å²) in [6, 6.07) is 0. The van der Waals surface area contributed by atoms with Crippen molar-refractivity contribution >= 4 is 18.6 Å². The molecular formula is C22H27N3. The molecule has 0 amide bonds. The van der Waals surface area contributed by atoms with Gasteiger partial charge in [-0.1, -0.05) is 66.8 Å². The predicted molar refractivity (Wildman–Crippen MR) is 113 cm³/mol. The van der Waals surface area contributed by atoms with Crippen LogP contribution in [0.25, 0.3) is 0 Å². The Kier molecular flexibility index (Phi) is 14.2. The minimum Gasteiger partial charge on any atom is -0.289 e. The minimum atomic E-state index is 0.889. The Balaban J connectivity index is 0.000000156. The Morgan fingerprint density at radius 2 is 1.00 bits per heavy atom. The van der Waals surface area contributed by atoms with Gasteiger partial charge < -0.3 is 0 Å². The molecule has 0 fully saturated rings. The van der Waals surface area contributed by atoms with E-state index in [-0.39, 0.29) is 0 Å². The van der Waals surface area contributed by atoms with Crippen LogP contribution in [-0.2, 0) is 0 Å². The van der Waals surface area contributed by atoms with Gasteiger partial charge in [0.2, 0.25) is 0 Å². The van der Waals surface area contributed by atoms with E-state index < -0.39 is 0 Å². The molecule has 5 aliphatic rings. The Hall–Kier alpha value is -2.81. The fourth-order valence-corrected chi connectivity index (χ4v) is 1.70. The number of hydrogen-bond donors (Lipinski definition) is 0. The van der Waals surface area contributed by atoms with Crippen molar-refractivity contribution < 1.29 is 0 Å².